The van der Waals surface area contributed by atoms with Crippen LogP contribution in [0, 0.1) is 0 Å². The summed E-state index contributed by atoms with van der Waals surface area (Å²) in [5.74, 6) is 0. The highest BCUT2D eigenvalue weighted by atomic mass is 28.1. The average Bonchev–Trinajstić information content (AvgIpc) is 1.30. The number of hydrogen-bond acceptors (Lipinski definition) is 2. The van der Waals surface area contributed by atoms with Crippen LogP contribution in [0.4, 0.5) is 0 Å². The van der Waals surface area contributed by atoms with Gasteiger partial charge < -0.3 is 10.2 Å². The molecule has 0 saturated carbocycles. The van der Waals surface area contributed by atoms with Crippen LogP contribution in [0.15, 0.2) is 0 Å². The van der Waals surface area contributed by atoms with Gasteiger partial charge in [0.05, 0.1) is 10.2 Å². The summed E-state index contributed by atoms with van der Waals surface area (Å²) in [6.45, 7) is 1.93. The smallest absolute Gasteiger partial charge is 0.135 e. The van der Waals surface area contributed by atoms with Crippen LogP contribution >= 0.6 is 0 Å². The summed E-state index contributed by atoms with van der Waals surface area (Å²) in [5.41, 5.74) is -1.31. The number of aliphatic hydroxyl groups is 2. The van der Waals surface area contributed by atoms with Gasteiger partial charge in [-0.15, -0.1) is 0 Å². The predicted molar refractivity (Wildman–Crippen MR) is 32.0 cm³/mol. The molecule has 0 bridgehead atoms. The van der Waals surface area contributed by atoms with E-state index in [1.54, 1.807) is 0 Å². The van der Waals surface area contributed by atoms with Crippen molar-refractivity contribution in [1.82, 2.24) is 0 Å². The van der Waals surface area contributed by atoms with E-state index in [0.717, 1.165) is 6.42 Å². The monoisotopic (exact) mass is 120 g/mol. The Morgan fingerprint density at radius 2 is 2.00 bits per heavy atom. The Morgan fingerprint density at radius 3 is 2.00 bits per heavy atom. The molecule has 0 unspecified atom stereocenters. The maximum atomic E-state index is 8.63. The Bertz CT molecular complexity index is 48.1. The van der Waals surface area contributed by atoms with Gasteiger partial charge in [0.25, 0.3) is 0 Å². The second kappa shape index (κ2) is 2.45. The Balaban J connectivity index is 3.15. The van der Waals surface area contributed by atoms with Crippen molar-refractivity contribution in [1.29, 1.82) is 0 Å². The van der Waals surface area contributed by atoms with Crippen molar-refractivity contribution in [2.24, 2.45) is 0 Å². The molecule has 0 aliphatic carbocycles. The lowest BCUT2D eigenvalue weighted by atomic mass is 10.3. The molecule has 0 aliphatic rings. The van der Waals surface area contributed by atoms with Crippen molar-refractivity contribution in [2.75, 3.05) is 0 Å². The first-order valence-corrected chi connectivity index (χ1v) is 3.51. The zero-order valence-electron chi connectivity index (χ0n) is 4.81. The SMILES string of the molecule is CCCC(O)(O)[SiH3]. The highest BCUT2D eigenvalue weighted by molar-refractivity contribution is 6.12. The lowest BCUT2D eigenvalue weighted by Crippen LogP contribution is -2.27. The fourth-order valence-corrected chi connectivity index (χ4v) is 0.974. The largest absolute Gasteiger partial charge is 0.370 e. The van der Waals surface area contributed by atoms with Crippen molar-refractivity contribution >= 4 is 10.2 Å². The maximum Gasteiger partial charge on any atom is 0.135 e. The molecule has 0 aromatic heterocycles. The summed E-state index contributed by atoms with van der Waals surface area (Å²) in [5, 5.41) is 17.3. The second-order valence-corrected chi connectivity index (χ2v) is 3.57. The molecule has 44 valence electrons. The molecule has 0 fully saturated rings. The molecule has 0 atom stereocenters. The molecule has 0 rings (SSSR count). The summed E-state index contributed by atoms with van der Waals surface area (Å²) in [6.07, 6.45) is 1.36. The third kappa shape index (κ3) is 6.14. The lowest BCUT2D eigenvalue weighted by molar-refractivity contribution is -0.0903. The normalized spacial score (nSPS) is 12.4. The lowest BCUT2D eigenvalue weighted by Gasteiger charge is -2.13. The van der Waals surface area contributed by atoms with Crippen molar-refractivity contribution in [3.63, 3.8) is 0 Å². The standard InChI is InChI=1S/C4H12O2Si/c1-2-3-4(5,6)7/h5-6H,2-3H2,1,7H3. The third-order valence-corrected chi connectivity index (χ3v) is 1.22. The van der Waals surface area contributed by atoms with Crippen LogP contribution in [0.1, 0.15) is 19.8 Å². The highest BCUT2D eigenvalue weighted by Crippen LogP contribution is 2.00. The summed E-state index contributed by atoms with van der Waals surface area (Å²) in [4.78, 5) is 0. The molecular formula is C4H12O2Si. The van der Waals surface area contributed by atoms with E-state index in [2.05, 4.69) is 0 Å². The first-order chi connectivity index (χ1) is 3.06. The number of rotatable bonds is 2. The second-order valence-electron chi connectivity index (χ2n) is 1.97. The van der Waals surface area contributed by atoms with Gasteiger partial charge in [0.15, 0.2) is 0 Å². The van der Waals surface area contributed by atoms with E-state index >= 15 is 0 Å². The van der Waals surface area contributed by atoms with Gasteiger partial charge in [0.1, 0.15) is 5.41 Å². The van der Waals surface area contributed by atoms with Crippen LogP contribution in [0.5, 0.6) is 0 Å². The Morgan fingerprint density at radius 1 is 1.57 bits per heavy atom. The third-order valence-electron chi connectivity index (χ3n) is 0.724. The van der Waals surface area contributed by atoms with E-state index in [0.29, 0.717) is 16.7 Å². The molecule has 3 heteroatoms. The molecule has 0 heterocycles. The van der Waals surface area contributed by atoms with Crippen molar-refractivity contribution < 1.29 is 10.2 Å². The van der Waals surface area contributed by atoms with Gasteiger partial charge in [-0.25, -0.2) is 0 Å². The molecule has 2 N–H and O–H groups in total. The van der Waals surface area contributed by atoms with Crippen molar-refractivity contribution in [2.45, 2.75) is 25.2 Å². The van der Waals surface area contributed by atoms with E-state index in [-0.39, 0.29) is 0 Å². The Hall–Kier alpha value is 0.137. The van der Waals surface area contributed by atoms with Crippen LogP contribution in [0.2, 0.25) is 0 Å². The fourth-order valence-electron chi connectivity index (χ4n) is 0.474. The molecular weight excluding hydrogens is 108 g/mol. The summed E-state index contributed by atoms with van der Waals surface area (Å²) >= 11 is 0. The molecule has 0 radical (unpaired) electrons. The highest BCUT2D eigenvalue weighted by Gasteiger charge is 2.10. The quantitative estimate of drug-likeness (QED) is 0.354. The Kier molecular flexibility index (Phi) is 2.49. The van der Waals surface area contributed by atoms with Gasteiger partial charge in [-0.05, 0) is 6.42 Å². The Labute approximate surface area is 46.6 Å². The van der Waals surface area contributed by atoms with Crippen LogP contribution in [-0.2, 0) is 0 Å². The van der Waals surface area contributed by atoms with Crippen LogP contribution in [-0.4, -0.2) is 25.9 Å². The van der Waals surface area contributed by atoms with Gasteiger partial charge in [0, 0.05) is 0 Å². The van der Waals surface area contributed by atoms with E-state index in [1.165, 1.54) is 0 Å². The van der Waals surface area contributed by atoms with E-state index in [4.69, 9.17) is 10.2 Å². The van der Waals surface area contributed by atoms with Gasteiger partial charge in [-0.2, -0.15) is 0 Å². The van der Waals surface area contributed by atoms with Gasteiger partial charge in [-0.1, -0.05) is 13.3 Å². The van der Waals surface area contributed by atoms with Crippen LogP contribution < -0.4 is 0 Å². The van der Waals surface area contributed by atoms with Gasteiger partial charge in [-0.3, -0.25) is 0 Å². The molecule has 0 aromatic rings. The molecule has 0 amide bonds. The predicted octanol–water partition coefficient (Wildman–Crippen LogP) is -1.21. The fraction of sp³-hybridized carbons (Fsp3) is 1.00. The van der Waals surface area contributed by atoms with E-state index in [9.17, 15) is 0 Å². The summed E-state index contributed by atoms with van der Waals surface area (Å²) in [6, 6.07) is 0. The minimum atomic E-state index is -1.31. The topological polar surface area (TPSA) is 40.5 Å². The molecule has 0 saturated heterocycles. The van der Waals surface area contributed by atoms with Gasteiger partial charge in [0.2, 0.25) is 0 Å². The molecule has 7 heavy (non-hydrogen) atoms. The first-order valence-electron chi connectivity index (χ1n) is 2.51. The van der Waals surface area contributed by atoms with E-state index < -0.39 is 5.41 Å². The minimum Gasteiger partial charge on any atom is -0.370 e. The maximum absolute atomic E-state index is 8.63. The van der Waals surface area contributed by atoms with Crippen molar-refractivity contribution in [3.05, 3.63) is 0 Å². The molecule has 0 spiro atoms. The van der Waals surface area contributed by atoms with Crippen molar-refractivity contribution in [3.8, 4) is 0 Å². The molecule has 2 nitrogen and oxygen atoms in total. The summed E-state index contributed by atoms with van der Waals surface area (Å²) in [7, 11) is 0.449. The first kappa shape index (κ1) is 7.14. The molecule has 0 aromatic carbocycles. The number of hydrogen-bond donors (Lipinski definition) is 2. The summed E-state index contributed by atoms with van der Waals surface area (Å²) < 4.78 is 0. The van der Waals surface area contributed by atoms with E-state index in [1.807, 2.05) is 6.92 Å². The molecule has 0 aliphatic heterocycles. The average molecular weight is 120 g/mol. The zero-order chi connectivity index (χ0) is 5.91. The minimum absolute atomic E-state index is 0.449. The van der Waals surface area contributed by atoms with Crippen LogP contribution in [0.3, 0.4) is 0 Å². The van der Waals surface area contributed by atoms with Crippen LogP contribution in [0.25, 0.3) is 0 Å². The zero-order valence-corrected chi connectivity index (χ0v) is 6.81. The van der Waals surface area contributed by atoms with Gasteiger partial charge >= 0.3 is 0 Å².